The van der Waals surface area contributed by atoms with Gasteiger partial charge in [0.15, 0.2) is 0 Å². The lowest BCUT2D eigenvalue weighted by molar-refractivity contribution is 0.156. The number of nitrogens with two attached hydrogens (primary N) is 1. The van der Waals surface area contributed by atoms with Crippen LogP contribution in [0.2, 0.25) is 0 Å². The van der Waals surface area contributed by atoms with Crippen LogP contribution in [0, 0.1) is 0 Å². The van der Waals surface area contributed by atoms with Crippen molar-refractivity contribution in [2.75, 3.05) is 26.2 Å². The summed E-state index contributed by atoms with van der Waals surface area (Å²) in [7, 11) is 0. The number of ether oxygens (including phenoxy) is 1. The molecule has 0 spiro atoms. The Labute approximate surface area is 84.4 Å². The summed E-state index contributed by atoms with van der Waals surface area (Å²) < 4.78 is 4.62. The average molecular weight is 201 g/mol. The molecule has 1 aliphatic rings. The van der Waals surface area contributed by atoms with Crippen LogP contribution in [0.15, 0.2) is 0 Å². The zero-order chi connectivity index (χ0) is 10.2. The standard InChI is InChI=1S/C9H19N3O2/c10-9(13)14-7-6-12-8-2-1-4-11-5-3-8/h8,11-12H,1-7H2,(H2,10,13). The van der Waals surface area contributed by atoms with Crippen molar-refractivity contribution in [3.63, 3.8) is 0 Å². The molecule has 1 heterocycles. The number of nitrogens with one attached hydrogen (secondary N) is 2. The lowest BCUT2D eigenvalue weighted by atomic mass is 10.1. The minimum atomic E-state index is -0.700. The molecule has 5 heteroatoms. The van der Waals surface area contributed by atoms with Crippen LogP contribution in [0.1, 0.15) is 19.3 Å². The van der Waals surface area contributed by atoms with Gasteiger partial charge in [-0.1, -0.05) is 0 Å². The number of carbonyl (C=O) groups is 1. The van der Waals surface area contributed by atoms with E-state index in [9.17, 15) is 4.79 Å². The number of carbonyl (C=O) groups excluding carboxylic acids is 1. The molecule has 0 aliphatic carbocycles. The lowest BCUT2D eigenvalue weighted by Crippen LogP contribution is -2.33. The Bertz CT molecular complexity index is 167. The van der Waals surface area contributed by atoms with Crippen LogP contribution in [0.25, 0.3) is 0 Å². The molecule has 14 heavy (non-hydrogen) atoms. The lowest BCUT2D eigenvalue weighted by Gasteiger charge is -2.15. The maximum absolute atomic E-state index is 10.3. The van der Waals surface area contributed by atoms with Gasteiger partial charge in [0, 0.05) is 12.6 Å². The van der Waals surface area contributed by atoms with Gasteiger partial charge in [0.05, 0.1) is 0 Å². The molecule has 1 rings (SSSR count). The smallest absolute Gasteiger partial charge is 0.404 e. The third-order valence-corrected chi connectivity index (χ3v) is 2.36. The van der Waals surface area contributed by atoms with Crippen LogP contribution in [0.3, 0.4) is 0 Å². The molecule has 1 aliphatic heterocycles. The van der Waals surface area contributed by atoms with Crippen LogP contribution in [-0.2, 0) is 4.74 Å². The Balaban J connectivity index is 2.01. The molecule has 0 aromatic carbocycles. The van der Waals surface area contributed by atoms with Crippen LogP contribution >= 0.6 is 0 Å². The SMILES string of the molecule is NC(=O)OCCNC1CCCNCC1. The maximum Gasteiger partial charge on any atom is 0.404 e. The molecule has 0 bridgehead atoms. The highest BCUT2D eigenvalue weighted by molar-refractivity contribution is 5.64. The molecule has 1 atom stereocenters. The number of primary amides is 1. The second-order valence-electron chi connectivity index (χ2n) is 3.50. The van der Waals surface area contributed by atoms with E-state index in [0.29, 0.717) is 19.2 Å². The average Bonchev–Trinajstić information content (AvgIpc) is 2.40. The molecule has 1 unspecified atom stereocenters. The predicted molar refractivity (Wildman–Crippen MR) is 54.0 cm³/mol. The summed E-state index contributed by atoms with van der Waals surface area (Å²) in [4.78, 5) is 10.3. The number of amides is 1. The molecule has 0 aromatic rings. The minimum Gasteiger partial charge on any atom is -0.448 e. The molecule has 1 amide bonds. The summed E-state index contributed by atoms with van der Waals surface area (Å²) in [6, 6.07) is 0.543. The second kappa shape index (κ2) is 6.62. The van der Waals surface area contributed by atoms with Gasteiger partial charge >= 0.3 is 6.09 Å². The van der Waals surface area contributed by atoms with Crippen molar-refractivity contribution in [1.29, 1.82) is 0 Å². The summed E-state index contributed by atoms with van der Waals surface area (Å²) in [5, 5.41) is 6.68. The highest BCUT2D eigenvalue weighted by Crippen LogP contribution is 2.03. The van der Waals surface area contributed by atoms with Gasteiger partial charge in [0.1, 0.15) is 6.61 Å². The van der Waals surface area contributed by atoms with Gasteiger partial charge in [-0.15, -0.1) is 0 Å². The van der Waals surface area contributed by atoms with Crippen molar-refractivity contribution in [3.8, 4) is 0 Å². The Morgan fingerprint density at radius 3 is 3.14 bits per heavy atom. The van der Waals surface area contributed by atoms with E-state index in [2.05, 4.69) is 15.4 Å². The molecular weight excluding hydrogens is 182 g/mol. The summed E-state index contributed by atoms with van der Waals surface area (Å²) in [5.41, 5.74) is 4.84. The van der Waals surface area contributed by atoms with Crippen molar-refractivity contribution in [1.82, 2.24) is 10.6 Å². The zero-order valence-corrected chi connectivity index (χ0v) is 8.42. The predicted octanol–water partition coefficient (Wildman–Crippen LogP) is -0.187. The summed E-state index contributed by atoms with van der Waals surface area (Å²) in [6.45, 7) is 3.22. The van der Waals surface area contributed by atoms with Crippen molar-refractivity contribution in [2.45, 2.75) is 25.3 Å². The van der Waals surface area contributed by atoms with Gasteiger partial charge in [0.2, 0.25) is 0 Å². The molecule has 82 valence electrons. The topological polar surface area (TPSA) is 76.4 Å². The van der Waals surface area contributed by atoms with Gasteiger partial charge in [0.25, 0.3) is 0 Å². The fraction of sp³-hybridized carbons (Fsp3) is 0.889. The van der Waals surface area contributed by atoms with Crippen molar-refractivity contribution < 1.29 is 9.53 Å². The molecule has 0 aromatic heterocycles. The van der Waals surface area contributed by atoms with Crippen molar-refractivity contribution in [2.24, 2.45) is 5.73 Å². The van der Waals surface area contributed by atoms with Crippen LogP contribution < -0.4 is 16.4 Å². The monoisotopic (exact) mass is 201 g/mol. The van der Waals surface area contributed by atoms with E-state index in [0.717, 1.165) is 19.5 Å². The third-order valence-electron chi connectivity index (χ3n) is 2.36. The van der Waals surface area contributed by atoms with Gasteiger partial charge in [-0.25, -0.2) is 4.79 Å². The highest BCUT2D eigenvalue weighted by Gasteiger charge is 2.10. The van der Waals surface area contributed by atoms with E-state index in [1.807, 2.05) is 0 Å². The Morgan fingerprint density at radius 2 is 2.36 bits per heavy atom. The minimum absolute atomic E-state index is 0.360. The number of rotatable bonds is 4. The van der Waals surface area contributed by atoms with E-state index in [1.165, 1.54) is 12.8 Å². The fourth-order valence-electron chi connectivity index (χ4n) is 1.64. The van der Waals surface area contributed by atoms with E-state index in [4.69, 9.17) is 5.73 Å². The van der Waals surface area contributed by atoms with Crippen LogP contribution in [-0.4, -0.2) is 38.4 Å². The third kappa shape index (κ3) is 5.04. The number of hydrogen-bond acceptors (Lipinski definition) is 4. The molecule has 4 N–H and O–H groups in total. The summed E-state index contributed by atoms with van der Waals surface area (Å²) >= 11 is 0. The molecular formula is C9H19N3O2. The molecule has 1 saturated heterocycles. The van der Waals surface area contributed by atoms with E-state index >= 15 is 0 Å². The first-order valence-electron chi connectivity index (χ1n) is 5.15. The summed E-state index contributed by atoms with van der Waals surface area (Å²) in [6.07, 6.45) is 2.82. The van der Waals surface area contributed by atoms with E-state index in [-0.39, 0.29) is 0 Å². The van der Waals surface area contributed by atoms with E-state index < -0.39 is 6.09 Å². The van der Waals surface area contributed by atoms with E-state index in [1.54, 1.807) is 0 Å². The van der Waals surface area contributed by atoms with Crippen LogP contribution in [0.5, 0.6) is 0 Å². The maximum atomic E-state index is 10.3. The first-order chi connectivity index (χ1) is 6.79. The van der Waals surface area contributed by atoms with Gasteiger partial charge < -0.3 is 21.1 Å². The van der Waals surface area contributed by atoms with Gasteiger partial charge in [-0.2, -0.15) is 0 Å². The molecule has 1 fully saturated rings. The summed E-state index contributed by atoms with van der Waals surface area (Å²) in [5.74, 6) is 0. The highest BCUT2D eigenvalue weighted by atomic mass is 16.5. The molecule has 0 saturated carbocycles. The van der Waals surface area contributed by atoms with Gasteiger partial charge in [-0.3, -0.25) is 0 Å². The van der Waals surface area contributed by atoms with Crippen molar-refractivity contribution >= 4 is 6.09 Å². The Morgan fingerprint density at radius 1 is 1.50 bits per heavy atom. The quantitative estimate of drug-likeness (QED) is 0.551. The van der Waals surface area contributed by atoms with Crippen LogP contribution in [0.4, 0.5) is 4.79 Å². The first kappa shape index (κ1) is 11.3. The largest absolute Gasteiger partial charge is 0.448 e. The zero-order valence-electron chi connectivity index (χ0n) is 8.42. The first-order valence-corrected chi connectivity index (χ1v) is 5.15. The van der Waals surface area contributed by atoms with Crippen molar-refractivity contribution in [3.05, 3.63) is 0 Å². The normalized spacial score (nSPS) is 22.7. The molecule has 5 nitrogen and oxygen atoms in total. The second-order valence-corrected chi connectivity index (χ2v) is 3.50. The Kier molecular flexibility index (Phi) is 5.32. The Hall–Kier alpha value is -0.810. The molecule has 0 radical (unpaired) electrons. The van der Waals surface area contributed by atoms with Gasteiger partial charge in [-0.05, 0) is 32.4 Å². The number of hydrogen-bond donors (Lipinski definition) is 3. The fourth-order valence-corrected chi connectivity index (χ4v) is 1.64.